The zero-order chi connectivity index (χ0) is 23.9. The summed E-state index contributed by atoms with van der Waals surface area (Å²) in [6.45, 7) is 0.772. The molecule has 5 rings (SSSR count). The fourth-order valence-electron chi connectivity index (χ4n) is 4.13. The minimum absolute atomic E-state index is 0.0708. The molecule has 3 heterocycles. The first kappa shape index (κ1) is 22.3. The molecule has 0 saturated carbocycles. The van der Waals surface area contributed by atoms with E-state index < -0.39 is 15.9 Å². The van der Waals surface area contributed by atoms with Crippen molar-refractivity contribution in [3.05, 3.63) is 47.8 Å². The Morgan fingerprint density at radius 3 is 2.94 bits per heavy atom. The smallest absolute Gasteiger partial charge is 0.354 e. The third-order valence-electron chi connectivity index (χ3n) is 5.84. The van der Waals surface area contributed by atoms with Gasteiger partial charge in [0, 0.05) is 24.9 Å². The molecule has 0 saturated heterocycles. The van der Waals surface area contributed by atoms with Gasteiger partial charge in [0.05, 0.1) is 32.1 Å². The molecular weight excluding hydrogens is 460 g/mol. The number of hydrogen-bond acceptors (Lipinski definition) is 7. The van der Waals surface area contributed by atoms with Gasteiger partial charge in [0.15, 0.2) is 9.92 Å². The Balaban J connectivity index is 1.46. The number of nitrogens with two attached hydrogens (primary N) is 1. The van der Waals surface area contributed by atoms with Gasteiger partial charge in [0.2, 0.25) is 11.8 Å². The summed E-state index contributed by atoms with van der Waals surface area (Å²) in [7, 11) is -0.509. The number of aromatic nitrogens is 3. The first-order chi connectivity index (χ1) is 16.4. The van der Waals surface area contributed by atoms with Crippen LogP contribution in [-0.2, 0) is 34.0 Å². The van der Waals surface area contributed by atoms with Crippen LogP contribution in [0.15, 0.2) is 45.9 Å². The maximum Gasteiger partial charge on any atom is 0.354 e. The molecule has 2 amide bonds. The van der Waals surface area contributed by atoms with Gasteiger partial charge in [0.25, 0.3) is 0 Å². The number of carbonyl (C=O) groups excluding carboxylic acids is 1. The first-order valence-electron chi connectivity index (χ1n) is 10.6. The van der Waals surface area contributed by atoms with E-state index in [9.17, 15) is 9.00 Å². The molecule has 11 nitrogen and oxygen atoms in total. The number of carbonyl (C=O) groups is 1. The van der Waals surface area contributed by atoms with Gasteiger partial charge in [-0.1, -0.05) is 12.1 Å². The second-order valence-corrected chi connectivity index (χ2v) is 9.75. The van der Waals surface area contributed by atoms with Gasteiger partial charge >= 0.3 is 6.03 Å². The molecule has 3 N–H and O–H groups in total. The summed E-state index contributed by atoms with van der Waals surface area (Å²) in [6, 6.07) is 6.75. The van der Waals surface area contributed by atoms with Crippen LogP contribution in [0.25, 0.3) is 11.1 Å². The van der Waals surface area contributed by atoms with Crippen molar-refractivity contribution in [2.24, 2.45) is 9.50 Å². The van der Waals surface area contributed by atoms with Gasteiger partial charge in [-0.2, -0.15) is 5.10 Å². The van der Waals surface area contributed by atoms with Crippen molar-refractivity contribution in [3.63, 3.8) is 0 Å². The van der Waals surface area contributed by atoms with Crippen LogP contribution < -0.4 is 19.9 Å². The largest absolute Gasteiger partial charge is 0.481 e. The summed E-state index contributed by atoms with van der Waals surface area (Å²) in [6.07, 6.45) is 4.41. The number of methoxy groups -OCH3 is 2. The van der Waals surface area contributed by atoms with E-state index in [1.54, 1.807) is 19.4 Å². The number of hydrogen-bond donors (Lipinski definition) is 2. The predicted molar refractivity (Wildman–Crippen MR) is 124 cm³/mol. The lowest BCUT2D eigenvalue weighted by atomic mass is 9.84. The molecule has 12 heteroatoms. The number of urea groups is 1. The Labute approximate surface area is 196 Å². The van der Waals surface area contributed by atoms with Crippen molar-refractivity contribution >= 4 is 21.6 Å². The number of ether oxygens (including phenoxy) is 3. The summed E-state index contributed by atoms with van der Waals surface area (Å²) < 4.78 is 34.7. The molecule has 1 unspecified atom stereocenters. The lowest BCUT2D eigenvalue weighted by Gasteiger charge is -2.25. The predicted octanol–water partition coefficient (Wildman–Crippen LogP) is 2.39. The summed E-state index contributed by atoms with van der Waals surface area (Å²) in [5, 5.41) is 13.0. The molecule has 0 spiro atoms. The molecule has 34 heavy (non-hydrogen) atoms. The number of rotatable bonds is 6. The van der Waals surface area contributed by atoms with Crippen LogP contribution in [0.4, 0.5) is 10.5 Å². The first-order valence-corrected chi connectivity index (χ1v) is 12.2. The number of nitrogens with one attached hydrogen (secondary N) is 1. The molecule has 2 atom stereocenters. The van der Waals surface area contributed by atoms with Crippen LogP contribution >= 0.6 is 0 Å². The fraction of sp³-hybridized carbons (Fsp3) is 0.318. The van der Waals surface area contributed by atoms with Crippen molar-refractivity contribution in [2.75, 3.05) is 26.1 Å². The molecule has 1 aromatic carbocycles. The number of nitrogens with zero attached hydrogens (tertiary/aromatic N) is 4. The highest BCUT2D eigenvalue weighted by Gasteiger charge is 2.31. The maximum atomic E-state index is 13.2. The van der Waals surface area contributed by atoms with E-state index in [0.717, 1.165) is 35.1 Å². The van der Waals surface area contributed by atoms with Gasteiger partial charge < -0.3 is 19.5 Å². The SMILES string of the molecule is COC[C@H]1Cn2ncc(S(N)(=O)=NC(=O)Nc3c(-c4ccnc(OC)c4)ccc4c3CC4)c2O1. The Bertz CT molecular complexity index is 1390. The van der Waals surface area contributed by atoms with Crippen LogP contribution in [0.1, 0.15) is 11.1 Å². The van der Waals surface area contributed by atoms with E-state index in [0.29, 0.717) is 24.7 Å². The highest BCUT2D eigenvalue weighted by atomic mass is 32.2. The van der Waals surface area contributed by atoms with Crippen LogP contribution in [-0.4, -0.2) is 51.9 Å². The molecule has 0 bridgehead atoms. The average molecular weight is 485 g/mol. The number of amides is 2. The summed E-state index contributed by atoms with van der Waals surface area (Å²) in [4.78, 5) is 17.1. The van der Waals surface area contributed by atoms with E-state index >= 15 is 0 Å². The monoisotopic (exact) mass is 484 g/mol. The zero-order valence-electron chi connectivity index (χ0n) is 18.7. The minimum Gasteiger partial charge on any atom is -0.481 e. The molecule has 178 valence electrons. The Morgan fingerprint density at radius 2 is 2.21 bits per heavy atom. The third-order valence-corrected chi connectivity index (χ3v) is 7.19. The number of anilines is 1. The van der Waals surface area contributed by atoms with Crippen molar-refractivity contribution in [3.8, 4) is 22.9 Å². The molecule has 3 aromatic rings. The van der Waals surface area contributed by atoms with Crippen LogP contribution in [0.3, 0.4) is 0 Å². The lowest BCUT2D eigenvalue weighted by Crippen LogP contribution is -2.22. The Morgan fingerprint density at radius 1 is 1.35 bits per heavy atom. The van der Waals surface area contributed by atoms with Gasteiger partial charge in [-0.25, -0.2) is 23.8 Å². The maximum absolute atomic E-state index is 13.2. The molecule has 1 aliphatic heterocycles. The van der Waals surface area contributed by atoms with E-state index in [1.165, 1.54) is 18.0 Å². The van der Waals surface area contributed by atoms with Crippen molar-refractivity contribution in [1.82, 2.24) is 14.8 Å². The third kappa shape index (κ3) is 4.00. The van der Waals surface area contributed by atoms with Gasteiger partial charge in [-0.05, 0) is 35.6 Å². The zero-order valence-corrected chi connectivity index (χ0v) is 19.5. The summed E-state index contributed by atoms with van der Waals surface area (Å²) >= 11 is 0. The van der Waals surface area contributed by atoms with E-state index in [-0.39, 0.29) is 16.9 Å². The fourth-order valence-corrected chi connectivity index (χ4v) is 5.13. The van der Waals surface area contributed by atoms with Crippen LogP contribution in [0.2, 0.25) is 0 Å². The lowest BCUT2D eigenvalue weighted by molar-refractivity contribution is 0.0920. The van der Waals surface area contributed by atoms with Crippen LogP contribution in [0.5, 0.6) is 11.8 Å². The second-order valence-electron chi connectivity index (χ2n) is 7.99. The van der Waals surface area contributed by atoms with Gasteiger partial charge in [-0.15, -0.1) is 4.36 Å². The van der Waals surface area contributed by atoms with E-state index in [1.807, 2.05) is 18.2 Å². The highest BCUT2D eigenvalue weighted by Crippen LogP contribution is 2.39. The molecule has 1 aliphatic carbocycles. The molecule has 2 aromatic heterocycles. The van der Waals surface area contributed by atoms with Crippen molar-refractivity contribution in [1.29, 1.82) is 0 Å². The summed E-state index contributed by atoms with van der Waals surface area (Å²) in [5.41, 5.74) is 4.36. The molecule has 0 radical (unpaired) electrons. The van der Waals surface area contributed by atoms with Gasteiger partial charge in [-0.3, -0.25) is 0 Å². The Kier molecular flexibility index (Phi) is 5.71. The topological polar surface area (TPSA) is 143 Å². The molecular formula is C22H24N6O5S. The minimum atomic E-state index is -3.61. The van der Waals surface area contributed by atoms with E-state index in [2.05, 4.69) is 19.8 Å². The van der Waals surface area contributed by atoms with Crippen molar-refractivity contribution < 1.29 is 23.2 Å². The van der Waals surface area contributed by atoms with Crippen LogP contribution in [0, 0.1) is 0 Å². The average Bonchev–Trinajstić information content (AvgIpc) is 3.35. The number of benzene rings is 1. The highest BCUT2D eigenvalue weighted by molar-refractivity contribution is 7.91. The number of aryl methyl sites for hydroxylation is 1. The standard InChI is InChI=1S/C22H24N6O5S/c1-31-12-15-11-28-21(33-15)18(10-25-28)34(23,30)27-22(29)26-20-16-5-3-13(16)4-6-17(20)14-7-8-24-19(9-14)32-2/h4,6-10,15H,3,5,11-12H2,1-2H3,(H3,23,26,27,29,30)/t15-,34?/m1/s1. The second kappa shape index (κ2) is 8.70. The summed E-state index contributed by atoms with van der Waals surface area (Å²) in [5.74, 6) is 0.688. The molecule has 2 aliphatic rings. The number of pyridine rings is 1. The number of fused-ring (bicyclic) bond motifs is 2. The van der Waals surface area contributed by atoms with Gasteiger partial charge in [0.1, 0.15) is 11.0 Å². The Hall–Kier alpha value is -3.48. The molecule has 0 fully saturated rings. The van der Waals surface area contributed by atoms with Crippen molar-refractivity contribution in [2.45, 2.75) is 30.4 Å². The quantitative estimate of drug-likeness (QED) is 0.547. The normalized spacial score (nSPS) is 17.6. The van der Waals surface area contributed by atoms with E-state index in [4.69, 9.17) is 19.3 Å².